The molecule has 0 aromatic carbocycles. The number of hydrogen-bond donors (Lipinski definition) is 3. The SMILES string of the molecule is CC(S)CC(S)S. The summed E-state index contributed by atoms with van der Waals surface area (Å²) in [5.74, 6) is 0. The smallest absolute Gasteiger partial charge is 0.0452 e. The van der Waals surface area contributed by atoms with Crippen molar-refractivity contribution in [3.8, 4) is 0 Å². The number of hydrogen-bond acceptors (Lipinski definition) is 3. The van der Waals surface area contributed by atoms with Crippen LogP contribution in [0.15, 0.2) is 0 Å². The van der Waals surface area contributed by atoms with E-state index >= 15 is 0 Å². The first-order valence-corrected chi connectivity index (χ1v) is 3.72. The standard InChI is InChI=1S/C4H10S3/c1-3(5)2-4(6)7/h3-7H,2H2,1H3. The molecule has 0 saturated heterocycles. The Morgan fingerprint density at radius 3 is 1.71 bits per heavy atom. The molecule has 0 fully saturated rings. The van der Waals surface area contributed by atoms with E-state index in [2.05, 4.69) is 37.9 Å². The number of rotatable bonds is 2. The Morgan fingerprint density at radius 2 is 1.71 bits per heavy atom. The first-order chi connectivity index (χ1) is 3.13. The maximum atomic E-state index is 4.14. The van der Waals surface area contributed by atoms with E-state index in [1.807, 2.05) is 6.92 Å². The van der Waals surface area contributed by atoms with Crippen LogP contribution < -0.4 is 0 Å². The average molecular weight is 154 g/mol. The maximum Gasteiger partial charge on any atom is 0.0452 e. The molecule has 3 heteroatoms. The van der Waals surface area contributed by atoms with Crippen LogP contribution in [0, 0.1) is 0 Å². The van der Waals surface area contributed by atoms with Crippen molar-refractivity contribution in [2.45, 2.75) is 23.2 Å². The molecule has 0 saturated carbocycles. The summed E-state index contributed by atoms with van der Waals surface area (Å²) >= 11 is 12.2. The van der Waals surface area contributed by atoms with Crippen LogP contribution in [-0.2, 0) is 0 Å². The third-order valence-corrected chi connectivity index (χ3v) is 1.18. The Bertz CT molecular complexity index is 36.2. The molecule has 0 heterocycles. The molecule has 0 rings (SSSR count). The zero-order valence-electron chi connectivity index (χ0n) is 4.20. The monoisotopic (exact) mass is 154 g/mol. The van der Waals surface area contributed by atoms with Gasteiger partial charge in [-0.2, -0.15) is 37.9 Å². The second-order valence-corrected chi connectivity index (χ2v) is 4.10. The minimum absolute atomic E-state index is 0.187. The van der Waals surface area contributed by atoms with Crippen LogP contribution in [0.4, 0.5) is 0 Å². The molecular formula is C4H10S3. The topological polar surface area (TPSA) is 0 Å². The molecule has 0 radical (unpaired) electrons. The fourth-order valence-corrected chi connectivity index (χ4v) is 1.48. The van der Waals surface area contributed by atoms with Gasteiger partial charge >= 0.3 is 0 Å². The highest BCUT2D eigenvalue weighted by atomic mass is 32.2. The lowest BCUT2D eigenvalue weighted by Crippen LogP contribution is -1.96. The predicted octanol–water partition coefficient (Wildman–Crippen LogP) is 1.88. The van der Waals surface area contributed by atoms with Crippen LogP contribution in [0.3, 0.4) is 0 Å². The van der Waals surface area contributed by atoms with Crippen molar-refractivity contribution in [1.29, 1.82) is 0 Å². The van der Waals surface area contributed by atoms with E-state index in [4.69, 9.17) is 0 Å². The second kappa shape index (κ2) is 3.98. The van der Waals surface area contributed by atoms with Crippen molar-refractivity contribution in [2.75, 3.05) is 0 Å². The highest BCUT2D eigenvalue weighted by molar-refractivity contribution is 7.99. The lowest BCUT2D eigenvalue weighted by molar-refractivity contribution is 0.903. The molecule has 0 aliphatic heterocycles. The average Bonchev–Trinajstić information content (AvgIpc) is 1.27. The molecule has 0 N–H and O–H groups in total. The molecule has 0 aromatic rings. The van der Waals surface area contributed by atoms with E-state index in [9.17, 15) is 0 Å². The van der Waals surface area contributed by atoms with Crippen LogP contribution in [0.5, 0.6) is 0 Å². The Kier molecular flexibility index (Phi) is 4.58. The molecule has 0 bridgehead atoms. The van der Waals surface area contributed by atoms with Gasteiger partial charge in [0.15, 0.2) is 0 Å². The molecule has 0 spiro atoms. The first-order valence-electron chi connectivity index (χ1n) is 2.17. The molecule has 0 nitrogen and oxygen atoms in total. The predicted molar refractivity (Wildman–Crippen MR) is 44.8 cm³/mol. The summed E-state index contributed by atoms with van der Waals surface area (Å²) in [6.45, 7) is 2.03. The lowest BCUT2D eigenvalue weighted by Gasteiger charge is -2.03. The summed E-state index contributed by atoms with van der Waals surface area (Å²) in [5.41, 5.74) is 0. The van der Waals surface area contributed by atoms with E-state index in [1.165, 1.54) is 0 Å². The van der Waals surface area contributed by atoms with E-state index in [0.29, 0.717) is 5.25 Å². The molecule has 1 atom stereocenters. The van der Waals surface area contributed by atoms with Gasteiger partial charge in [0.2, 0.25) is 0 Å². The van der Waals surface area contributed by atoms with Gasteiger partial charge in [0, 0.05) is 9.83 Å². The minimum Gasteiger partial charge on any atom is -0.176 e. The Morgan fingerprint density at radius 1 is 1.29 bits per heavy atom. The third-order valence-electron chi connectivity index (χ3n) is 0.552. The largest absolute Gasteiger partial charge is 0.176 e. The van der Waals surface area contributed by atoms with Gasteiger partial charge in [0.25, 0.3) is 0 Å². The normalized spacial score (nSPS) is 15.0. The highest BCUT2D eigenvalue weighted by Gasteiger charge is 1.98. The maximum absolute atomic E-state index is 4.14. The van der Waals surface area contributed by atoms with Gasteiger partial charge in [-0.25, -0.2) is 0 Å². The fourth-order valence-electron chi connectivity index (χ4n) is 0.305. The Hall–Kier alpha value is 1.05. The number of thiol groups is 3. The van der Waals surface area contributed by atoms with Gasteiger partial charge in [-0.15, -0.1) is 0 Å². The van der Waals surface area contributed by atoms with Crippen LogP contribution in [0.1, 0.15) is 13.3 Å². The summed E-state index contributed by atoms with van der Waals surface area (Å²) < 4.78 is 0.187. The zero-order valence-corrected chi connectivity index (χ0v) is 6.89. The zero-order chi connectivity index (χ0) is 5.86. The van der Waals surface area contributed by atoms with Crippen molar-refractivity contribution in [1.82, 2.24) is 0 Å². The minimum atomic E-state index is 0.187. The van der Waals surface area contributed by atoms with E-state index in [1.54, 1.807) is 0 Å². The molecule has 7 heavy (non-hydrogen) atoms. The lowest BCUT2D eigenvalue weighted by atomic mass is 10.4. The summed E-state index contributed by atoms with van der Waals surface area (Å²) in [6.07, 6.45) is 0.954. The van der Waals surface area contributed by atoms with Crippen molar-refractivity contribution in [3.05, 3.63) is 0 Å². The van der Waals surface area contributed by atoms with Gasteiger partial charge in [-0.1, -0.05) is 6.92 Å². The Labute approximate surface area is 61.3 Å². The summed E-state index contributed by atoms with van der Waals surface area (Å²) in [5, 5.41) is 0.417. The van der Waals surface area contributed by atoms with Crippen LogP contribution >= 0.6 is 37.9 Å². The van der Waals surface area contributed by atoms with E-state index in [-0.39, 0.29) is 4.58 Å². The first kappa shape index (κ1) is 8.05. The third kappa shape index (κ3) is 7.05. The summed E-state index contributed by atoms with van der Waals surface area (Å²) in [7, 11) is 0. The van der Waals surface area contributed by atoms with Crippen molar-refractivity contribution >= 4 is 37.9 Å². The highest BCUT2D eigenvalue weighted by Crippen LogP contribution is 2.11. The van der Waals surface area contributed by atoms with E-state index in [0.717, 1.165) is 6.42 Å². The van der Waals surface area contributed by atoms with Gasteiger partial charge in [-0.3, -0.25) is 0 Å². The van der Waals surface area contributed by atoms with Crippen LogP contribution in [-0.4, -0.2) is 9.83 Å². The van der Waals surface area contributed by atoms with Crippen molar-refractivity contribution < 1.29 is 0 Å². The van der Waals surface area contributed by atoms with E-state index < -0.39 is 0 Å². The molecule has 0 aliphatic rings. The van der Waals surface area contributed by atoms with Gasteiger partial charge < -0.3 is 0 Å². The molecule has 0 amide bonds. The molecule has 44 valence electrons. The second-order valence-electron chi connectivity index (χ2n) is 1.57. The van der Waals surface area contributed by atoms with Gasteiger partial charge in [-0.05, 0) is 6.42 Å². The fraction of sp³-hybridized carbons (Fsp3) is 1.00. The molecular weight excluding hydrogens is 144 g/mol. The molecule has 0 aliphatic carbocycles. The summed E-state index contributed by atoms with van der Waals surface area (Å²) in [6, 6.07) is 0. The van der Waals surface area contributed by atoms with Crippen molar-refractivity contribution in [3.63, 3.8) is 0 Å². The van der Waals surface area contributed by atoms with Crippen LogP contribution in [0.2, 0.25) is 0 Å². The summed E-state index contributed by atoms with van der Waals surface area (Å²) in [4.78, 5) is 0. The Balaban J connectivity index is 2.95. The van der Waals surface area contributed by atoms with Gasteiger partial charge in [0.1, 0.15) is 0 Å². The quantitative estimate of drug-likeness (QED) is 0.392. The van der Waals surface area contributed by atoms with Gasteiger partial charge in [0.05, 0.1) is 0 Å². The molecule has 0 aromatic heterocycles. The van der Waals surface area contributed by atoms with Crippen molar-refractivity contribution in [2.24, 2.45) is 0 Å². The van der Waals surface area contributed by atoms with Crippen LogP contribution in [0.25, 0.3) is 0 Å². The molecule has 1 unspecified atom stereocenters.